The van der Waals surface area contributed by atoms with Gasteiger partial charge >= 0.3 is 6.03 Å². The zero-order valence-corrected chi connectivity index (χ0v) is 11.1. The summed E-state index contributed by atoms with van der Waals surface area (Å²) in [6.45, 7) is 4.75. The van der Waals surface area contributed by atoms with Crippen molar-refractivity contribution in [2.45, 2.75) is 32.7 Å². The van der Waals surface area contributed by atoms with Crippen LogP contribution in [0.4, 0.5) is 10.5 Å². The number of urea groups is 1. The molecule has 4 N–H and O–H groups in total. The van der Waals surface area contributed by atoms with Crippen LogP contribution in [-0.4, -0.2) is 18.6 Å². The van der Waals surface area contributed by atoms with Crippen molar-refractivity contribution in [2.75, 3.05) is 11.9 Å². The molecule has 1 aromatic carbocycles. The van der Waals surface area contributed by atoms with Gasteiger partial charge in [0, 0.05) is 18.3 Å². The van der Waals surface area contributed by atoms with Gasteiger partial charge in [-0.25, -0.2) is 4.79 Å². The van der Waals surface area contributed by atoms with Crippen LogP contribution in [0.1, 0.15) is 26.7 Å². The van der Waals surface area contributed by atoms with Gasteiger partial charge in [-0.1, -0.05) is 44.9 Å². The van der Waals surface area contributed by atoms with Crippen LogP contribution in [0.25, 0.3) is 0 Å². The van der Waals surface area contributed by atoms with Crippen molar-refractivity contribution in [3.63, 3.8) is 0 Å². The number of anilines is 1. The van der Waals surface area contributed by atoms with Crippen LogP contribution >= 0.6 is 0 Å². The first-order valence-corrected chi connectivity index (χ1v) is 6.52. The molecule has 0 saturated carbocycles. The SMILES string of the molecule is CCC(CC)C(N)CNC(=O)Nc1ccccc1. The Morgan fingerprint density at radius 3 is 2.39 bits per heavy atom. The molecule has 1 rings (SSSR count). The highest BCUT2D eigenvalue weighted by molar-refractivity contribution is 5.89. The van der Waals surface area contributed by atoms with Gasteiger partial charge < -0.3 is 16.4 Å². The Kier molecular flexibility index (Phi) is 6.22. The van der Waals surface area contributed by atoms with Gasteiger partial charge in [0.25, 0.3) is 0 Å². The summed E-state index contributed by atoms with van der Waals surface area (Å²) in [5.74, 6) is 0.460. The fourth-order valence-electron chi connectivity index (χ4n) is 1.97. The highest BCUT2D eigenvalue weighted by Crippen LogP contribution is 2.10. The van der Waals surface area contributed by atoms with E-state index in [1.165, 1.54) is 0 Å². The monoisotopic (exact) mass is 249 g/mol. The first-order chi connectivity index (χ1) is 8.67. The van der Waals surface area contributed by atoms with Crippen molar-refractivity contribution >= 4 is 11.7 Å². The van der Waals surface area contributed by atoms with Gasteiger partial charge in [-0.3, -0.25) is 0 Å². The lowest BCUT2D eigenvalue weighted by Crippen LogP contribution is -2.43. The summed E-state index contributed by atoms with van der Waals surface area (Å²) in [4.78, 5) is 11.6. The number of para-hydroxylation sites is 1. The average molecular weight is 249 g/mol. The first kappa shape index (κ1) is 14.5. The second kappa shape index (κ2) is 7.71. The van der Waals surface area contributed by atoms with Crippen molar-refractivity contribution in [3.05, 3.63) is 30.3 Å². The zero-order chi connectivity index (χ0) is 13.4. The standard InChI is InChI=1S/C14H23N3O/c1-3-11(4-2)13(15)10-16-14(18)17-12-8-6-5-7-9-12/h5-9,11,13H,3-4,10,15H2,1-2H3,(H2,16,17,18). The van der Waals surface area contributed by atoms with E-state index in [-0.39, 0.29) is 12.1 Å². The van der Waals surface area contributed by atoms with Gasteiger partial charge in [0.1, 0.15) is 0 Å². The van der Waals surface area contributed by atoms with Gasteiger partial charge in [-0.15, -0.1) is 0 Å². The number of hydrogen-bond acceptors (Lipinski definition) is 2. The molecule has 2 amide bonds. The Morgan fingerprint density at radius 2 is 1.83 bits per heavy atom. The number of benzene rings is 1. The molecule has 0 spiro atoms. The summed E-state index contributed by atoms with van der Waals surface area (Å²) in [7, 11) is 0. The summed E-state index contributed by atoms with van der Waals surface area (Å²) >= 11 is 0. The van der Waals surface area contributed by atoms with Crippen molar-refractivity contribution in [1.82, 2.24) is 5.32 Å². The van der Waals surface area contributed by atoms with Gasteiger partial charge in [-0.2, -0.15) is 0 Å². The second-order valence-corrected chi connectivity index (χ2v) is 4.44. The molecule has 4 heteroatoms. The molecule has 0 aliphatic carbocycles. The van der Waals surface area contributed by atoms with Crippen LogP contribution in [-0.2, 0) is 0 Å². The molecule has 1 unspecified atom stereocenters. The molecule has 0 aromatic heterocycles. The lowest BCUT2D eigenvalue weighted by Gasteiger charge is -2.21. The van der Waals surface area contributed by atoms with Crippen LogP contribution < -0.4 is 16.4 Å². The largest absolute Gasteiger partial charge is 0.336 e. The normalized spacial score (nSPS) is 12.2. The van der Waals surface area contributed by atoms with E-state index in [2.05, 4.69) is 24.5 Å². The maximum atomic E-state index is 11.6. The van der Waals surface area contributed by atoms with E-state index in [0.29, 0.717) is 12.5 Å². The molecule has 0 radical (unpaired) electrons. The highest BCUT2D eigenvalue weighted by Gasteiger charge is 2.14. The molecule has 18 heavy (non-hydrogen) atoms. The van der Waals surface area contributed by atoms with E-state index in [4.69, 9.17) is 5.73 Å². The third kappa shape index (κ3) is 4.75. The Morgan fingerprint density at radius 1 is 1.22 bits per heavy atom. The van der Waals surface area contributed by atoms with E-state index < -0.39 is 0 Å². The fraction of sp³-hybridized carbons (Fsp3) is 0.500. The molecule has 0 saturated heterocycles. The number of carbonyl (C=O) groups excluding carboxylic acids is 1. The van der Waals surface area contributed by atoms with Gasteiger partial charge in [-0.05, 0) is 18.1 Å². The number of nitrogens with one attached hydrogen (secondary N) is 2. The number of carbonyl (C=O) groups is 1. The predicted molar refractivity (Wildman–Crippen MR) is 75.5 cm³/mol. The Balaban J connectivity index is 2.33. The second-order valence-electron chi connectivity index (χ2n) is 4.44. The summed E-state index contributed by atoms with van der Waals surface area (Å²) in [5, 5.41) is 5.57. The predicted octanol–water partition coefficient (Wildman–Crippen LogP) is 2.57. The summed E-state index contributed by atoms with van der Waals surface area (Å²) in [6.07, 6.45) is 2.08. The Bertz CT molecular complexity index is 349. The van der Waals surface area contributed by atoms with Crippen molar-refractivity contribution in [2.24, 2.45) is 11.7 Å². The lowest BCUT2D eigenvalue weighted by atomic mass is 9.95. The van der Waals surface area contributed by atoms with Crippen LogP contribution in [0.15, 0.2) is 30.3 Å². The summed E-state index contributed by atoms with van der Waals surface area (Å²) in [6, 6.07) is 9.17. The van der Waals surface area contributed by atoms with Crippen molar-refractivity contribution < 1.29 is 4.79 Å². The number of rotatable bonds is 6. The van der Waals surface area contributed by atoms with Crippen LogP contribution in [0.2, 0.25) is 0 Å². The molecular weight excluding hydrogens is 226 g/mol. The molecule has 0 aliphatic rings. The summed E-state index contributed by atoms with van der Waals surface area (Å²) in [5.41, 5.74) is 6.82. The first-order valence-electron chi connectivity index (χ1n) is 6.52. The fourth-order valence-corrected chi connectivity index (χ4v) is 1.97. The third-order valence-electron chi connectivity index (χ3n) is 3.18. The minimum atomic E-state index is -0.206. The molecule has 1 aromatic rings. The lowest BCUT2D eigenvalue weighted by molar-refractivity contribution is 0.249. The topological polar surface area (TPSA) is 67.1 Å². The summed E-state index contributed by atoms with van der Waals surface area (Å²) < 4.78 is 0. The van der Waals surface area contributed by atoms with E-state index in [0.717, 1.165) is 18.5 Å². The molecular formula is C14H23N3O. The minimum absolute atomic E-state index is 0.0153. The minimum Gasteiger partial charge on any atom is -0.336 e. The number of amides is 2. The maximum Gasteiger partial charge on any atom is 0.319 e. The van der Waals surface area contributed by atoms with E-state index in [1.54, 1.807) is 0 Å². The van der Waals surface area contributed by atoms with Gasteiger partial charge in [0.2, 0.25) is 0 Å². The Labute approximate surface area is 109 Å². The molecule has 100 valence electrons. The molecule has 0 bridgehead atoms. The third-order valence-corrected chi connectivity index (χ3v) is 3.18. The number of nitrogens with two attached hydrogens (primary N) is 1. The highest BCUT2D eigenvalue weighted by atomic mass is 16.2. The van der Waals surface area contributed by atoms with Crippen molar-refractivity contribution in [1.29, 1.82) is 0 Å². The quantitative estimate of drug-likeness (QED) is 0.725. The van der Waals surface area contributed by atoms with Crippen LogP contribution in [0.3, 0.4) is 0 Å². The molecule has 0 fully saturated rings. The molecule has 0 aliphatic heterocycles. The number of hydrogen-bond donors (Lipinski definition) is 3. The molecule has 0 heterocycles. The smallest absolute Gasteiger partial charge is 0.319 e. The maximum absolute atomic E-state index is 11.6. The van der Waals surface area contributed by atoms with Crippen molar-refractivity contribution in [3.8, 4) is 0 Å². The average Bonchev–Trinajstić information content (AvgIpc) is 2.39. The van der Waals surface area contributed by atoms with Crippen LogP contribution in [0.5, 0.6) is 0 Å². The van der Waals surface area contributed by atoms with Gasteiger partial charge in [0.15, 0.2) is 0 Å². The van der Waals surface area contributed by atoms with Crippen LogP contribution in [0, 0.1) is 5.92 Å². The molecule has 4 nitrogen and oxygen atoms in total. The molecule has 1 atom stereocenters. The van der Waals surface area contributed by atoms with E-state index in [1.807, 2.05) is 30.3 Å². The zero-order valence-electron chi connectivity index (χ0n) is 11.1. The van der Waals surface area contributed by atoms with Gasteiger partial charge in [0.05, 0.1) is 0 Å². The Hall–Kier alpha value is -1.55. The van der Waals surface area contributed by atoms with E-state index >= 15 is 0 Å². The van der Waals surface area contributed by atoms with E-state index in [9.17, 15) is 4.79 Å².